The van der Waals surface area contributed by atoms with Gasteiger partial charge in [-0.15, -0.1) is 0 Å². The molecule has 1 aromatic rings. The SMILES string of the molecule is NC(=O)CN(C(=O)[C@@H]1C[C@H]1c1ccc(Br)cc1)C1CCCC1. The van der Waals surface area contributed by atoms with Crippen LogP contribution in [0, 0.1) is 5.92 Å². The van der Waals surface area contributed by atoms with E-state index >= 15 is 0 Å². The van der Waals surface area contributed by atoms with Crippen LogP contribution in [0.15, 0.2) is 28.7 Å². The quantitative estimate of drug-likeness (QED) is 0.872. The summed E-state index contributed by atoms with van der Waals surface area (Å²) in [4.78, 5) is 25.9. The minimum atomic E-state index is -0.416. The fourth-order valence-electron chi connectivity index (χ4n) is 3.53. The summed E-state index contributed by atoms with van der Waals surface area (Å²) >= 11 is 3.43. The van der Waals surface area contributed by atoms with Gasteiger partial charge in [0.2, 0.25) is 11.8 Å². The number of benzene rings is 1. The molecule has 0 aliphatic heterocycles. The molecule has 0 saturated heterocycles. The third-order valence-electron chi connectivity index (χ3n) is 4.78. The van der Waals surface area contributed by atoms with Gasteiger partial charge in [-0.2, -0.15) is 0 Å². The van der Waals surface area contributed by atoms with Crippen molar-refractivity contribution >= 4 is 27.7 Å². The van der Waals surface area contributed by atoms with Gasteiger partial charge in [0.05, 0.1) is 6.54 Å². The van der Waals surface area contributed by atoms with E-state index < -0.39 is 5.91 Å². The second-order valence-corrected chi connectivity index (χ2v) is 7.29. The maximum Gasteiger partial charge on any atom is 0.237 e. The van der Waals surface area contributed by atoms with Crippen LogP contribution in [0.25, 0.3) is 0 Å². The Bertz CT molecular complexity index is 567. The van der Waals surface area contributed by atoms with Crippen molar-refractivity contribution in [3.05, 3.63) is 34.3 Å². The molecule has 0 bridgehead atoms. The fraction of sp³-hybridized carbons (Fsp3) is 0.529. The Hall–Kier alpha value is -1.36. The normalized spacial score (nSPS) is 24.2. The summed E-state index contributed by atoms with van der Waals surface area (Å²) in [5, 5.41) is 0. The van der Waals surface area contributed by atoms with Crippen LogP contribution in [0.4, 0.5) is 0 Å². The average molecular weight is 365 g/mol. The van der Waals surface area contributed by atoms with Crippen LogP contribution >= 0.6 is 15.9 Å². The van der Waals surface area contributed by atoms with Crippen molar-refractivity contribution in [2.75, 3.05) is 6.54 Å². The lowest BCUT2D eigenvalue weighted by molar-refractivity contribution is -0.138. The van der Waals surface area contributed by atoms with E-state index in [9.17, 15) is 9.59 Å². The van der Waals surface area contributed by atoms with Gasteiger partial charge in [0.25, 0.3) is 0 Å². The predicted octanol–water partition coefficient (Wildman–Crippen LogP) is 2.81. The molecule has 2 aliphatic carbocycles. The van der Waals surface area contributed by atoms with Crippen LogP contribution < -0.4 is 5.73 Å². The van der Waals surface area contributed by atoms with Crippen molar-refractivity contribution in [3.63, 3.8) is 0 Å². The van der Waals surface area contributed by atoms with Gasteiger partial charge < -0.3 is 10.6 Å². The molecule has 2 aliphatic rings. The zero-order valence-electron chi connectivity index (χ0n) is 12.5. The molecular formula is C17H21BrN2O2. The molecule has 1 aromatic carbocycles. The van der Waals surface area contributed by atoms with E-state index in [4.69, 9.17) is 5.73 Å². The number of primary amides is 1. The molecule has 2 fully saturated rings. The van der Waals surface area contributed by atoms with Gasteiger partial charge in [0, 0.05) is 16.4 Å². The fourth-order valence-corrected chi connectivity index (χ4v) is 3.79. The highest BCUT2D eigenvalue weighted by molar-refractivity contribution is 9.10. The molecule has 2 saturated carbocycles. The molecule has 5 heteroatoms. The van der Waals surface area contributed by atoms with Crippen LogP contribution in [0.3, 0.4) is 0 Å². The lowest BCUT2D eigenvalue weighted by atomic mass is 10.1. The van der Waals surface area contributed by atoms with Crippen LogP contribution in [0.2, 0.25) is 0 Å². The highest BCUT2D eigenvalue weighted by Gasteiger charge is 2.47. The van der Waals surface area contributed by atoms with Crippen LogP contribution in [-0.2, 0) is 9.59 Å². The van der Waals surface area contributed by atoms with E-state index in [0.717, 1.165) is 36.6 Å². The second kappa shape index (κ2) is 6.41. The van der Waals surface area contributed by atoms with Gasteiger partial charge in [-0.05, 0) is 42.9 Å². The summed E-state index contributed by atoms with van der Waals surface area (Å²) in [6, 6.07) is 8.35. The largest absolute Gasteiger partial charge is 0.368 e. The molecule has 2 atom stereocenters. The zero-order chi connectivity index (χ0) is 15.7. The maximum atomic E-state index is 12.8. The maximum absolute atomic E-state index is 12.8. The summed E-state index contributed by atoms with van der Waals surface area (Å²) < 4.78 is 1.04. The van der Waals surface area contributed by atoms with E-state index in [2.05, 4.69) is 28.1 Å². The molecule has 0 unspecified atom stereocenters. The molecule has 3 rings (SSSR count). The van der Waals surface area contributed by atoms with E-state index in [1.165, 1.54) is 5.56 Å². The van der Waals surface area contributed by atoms with E-state index in [0.29, 0.717) is 0 Å². The summed E-state index contributed by atoms with van der Waals surface area (Å²) in [5.41, 5.74) is 6.54. The molecule has 2 N–H and O–H groups in total. The first kappa shape index (κ1) is 15.5. The van der Waals surface area contributed by atoms with Crippen molar-refractivity contribution in [2.24, 2.45) is 11.7 Å². The Kier molecular flexibility index (Phi) is 4.52. The Balaban J connectivity index is 1.69. The summed E-state index contributed by atoms with van der Waals surface area (Å²) in [6.07, 6.45) is 5.13. The molecule has 2 amide bonds. The number of rotatable bonds is 5. The van der Waals surface area contributed by atoms with Crippen LogP contribution in [0.5, 0.6) is 0 Å². The smallest absolute Gasteiger partial charge is 0.237 e. The Morgan fingerprint density at radius 2 is 1.82 bits per heavy atom. The van der Waals surface area contributed by atoms with Crippen LogP contribution in [0.1, 0.15) is 43.6 Å². The van der Waals surface area contributed by atoms with Crippen molar-refractivity contribution in [1.29, 1.82) is 0 Å². The number of amides is 2. The minimum Gasteiger partial charge on any atom is -0.368 e. The van der Waals surface area contributed by atoms with Gasteiger partial charge in [-0.1, -0.05) is 40.9 Å². The number of hydrogen-bond acceptors (Lipinski definition) is 2. The Labute approximate surface area is 139 Å². The number of nitrogens with two attached hydrogens (primary N) is 1. The number of nitrogens with zero attached hydrogens (tertiary/aromatic N) is 1. The average Bonchev–Trinajstić information content (AvgIpc) is 3.10. The van der Waals surface area contributed by atoms with Crippen LogP contribution in [-0.4, -0.2) is 29.3 Å². The van der Waals surface area contributed by atoms with Gasteiger partial charge in [-0.25, -0.2) is 0 Å². The first-order chi connectivity index (χ1) is 10.6. The first-order valence-corrected chi connectivity index (χ1v) is 8.70. The number of carbonyl (C=O) groups is 2. The molecule has 0 spiro atoms. The third-order valence-corrected chi connectivity index (χ3v) is 5.31. The topological polar surface area (TPSA) is 63.4 Å². The van der Waals surface area contributed by atoms with Gasteiger partial charge in [0.1, 0.15) is 0 Å². The standard InChI is InChI=1S/C17H21BrN2O2/c18-12-7-5-11(6-8-12)14-9-15(14)17(22)20(10-16(19)21)13-3-1-2-4-13/h5-8,13-15H,1-4,9-10H2,(H2,19,21)/t14-,15+/m0/s1. The van der Waals surface area contributed by atoms with Crippen molar-refractivity contribution in [3.8, 4) is 0 Å². The molecule has 22 heavy (non-hydrogen) atoms. The van der Waals surface area contributed by atoms with Crippen molar-refractivity contribution in [1.82, 2.24) is 4.90 Å². The number of carbonyl (C=O) groups excluding carboxylic acids is 2. The van der Waals surface area contributed by atoms with Crippen molar-refractivity contribution in [2.45, 2.75) is 44.1 Å². The summed E-state index contributed by atoms with van der Waals surface area (Å²) in [6.45, 7) is 0.0626. The highest BCUT2D eigenvalue weighted by Crippen LogP contribution is 2.49. The Morgan fingerprint density at radius 1 is 1.18 bits per heavy atom. The van der Waals surface area contributed by atoms with E-state index in [1.54, 1.807) is 4.90 Å². The van der Waals surface area contributed by atoms with Gasteiger partial charge in [0.15, 0.2) is 0 Å². The number of hydrogen-bond donors (Lipinski definition) is 1. The predicted molar refractivity (Wildman–Crippen MR) is 88.2 cm³/mol. The van der Waals surface area contributed by atoms with Crippen molar-refractivity contribution < 1.29 is 9.59 Å². The van der Waals surface area contributed by atoms with Gasteiger partial charge in [-0.3, -0.25) is 9.59 Å². The highest BCUT2D eigenvalue weighted by atomic mass is 79.9. The Morgan fingerprint density at radius 3 is 2.41 bits per heavy atom. The molecule has 4 nitrogen and oxygen atoms in total. The summed E-state index contributed by atoms with van der Waals surface area (Å²) in [5.74, 6) is -0.00165. The lowest BCUT2D eigenvalue weighted by Gasteiger charge is -2.28. The zero-order valence-corrected chi connectivity index (χ0v) is 14.1. The molecule has 0 radical (unpaired) electrons. The molecule has 0 heterocycles. The van der Waals surface area contributed by atoms with Gasteiger partial charge >= 0.3 is 0 Å². The second-order valence-electron chi connectivity index (χ2n) is 6.37. The molecule has 118 valence electrons. The first-order valence-electron chi connectivity index (χ1n) is 7.90. The number of halogens is 1. The minimum absolute atomic E-state index is 0.0149. The lowest BCUT2D eigenvalue weighted by Crippen LogP contribution is -2.45. The molecule has 0 aromatic heterocycles. The summed E-state index contributed by atoms with van der Waals surface area (Å²) in [7, 11) is 0. The van der Waals surface area contributed by atoms with E-state index in [-0.39, 0.29) is 30.3 Å². The van der Waals surface area contributed by atoms with E-state index in [1.807, 2.05) is 12.1 Å². The monoisotopic (exact) mass is 364 g/mol. The molecular weight excluding hydrogens is 344 g/mol. The third kappa shape index (κ3) is 3.35.